The predicted octanol–water partition coefficient (Wildman–Crippen LogP) is 4.67. The van der Waals surface area contributed by atoms with Crippen LogP contribution in [0.15, 0.2) is 53.4 Å². The first-order valence-corrected chi connectivity index (χ1v) is 7.29. The van der Waals surface area contributed by atoms with Crippen molar-refractivity contribution in [3.63, 3.8) is 0 Å². The van der Waals surface area contributed by atoms with Gasteiger partial charge >= 0.3 is 0 Å². The Kier molecular flexibility index (Phi) is 4.43. The highest BCUT2D eigenvalue weighted by atomic mass is 32.2. The van der Waals surface area contributed by atoms with E-state index < -0.39 is 0 Å². The first-order chi connectivity index (χ1) is 9.08. The van der Waals surface area contributed by atoms with Gasteiger partial charge in [0.1, 0.15) is 0 Å². The summed E-state index contributed by atoms with van der Waals surface area (Å²) in [6, 6.07) is 16.0. The number of thioether (sulfide) groups is 1. The minimum absolute atomic E-state index is 0.0653. The van der Waals surface area contributed by atoms with Gasteiger partial charge in [-0.15, -0.1) is 11.8 Å². The summed E-state index contributed by atoms with van der Waals surface area (Å²) in [7, 11) is 0. The summed E-state index contributed by atoms with van der Waals surface area (Å²) in [5.41, 5.74) is 3.20. The summed E-state index contributed by atoms with van der Waals surface area (Å²) < 4.78 is 0. The van der Waals surface area contributed by atoms with E-state index in [2.05, 4.69) is 6.92 Å². The van der Waals surface area contributed by atoms with Crippen molar-refractivity contribution in [1.29, 1.82) is 0 Å². The molecule has 0 aliphatic heterocycles. The van der Waals surface area contributed by atoms with Crippen LogP contribution in [0.4, 0.5) is 0 Å². The fraction of sp³-hybridized carbons (Fsp3) is 0.235. The molecule has 1 unspecified atom stereocenters. The van der Waals surface area contributed by atoms with E-state index in [-0.39, 0.29) is 11.0 Å². The maximum Gasteiger partial charge on any atom is 0.175 e. The summed E-state index contributed by atoms with van der Waals surface area (Å²) in [6.07, 6.45) is 0. The Hall–Kier alpha value is -1.54. The molecule has 0 aromatic heterocycles. The van der Waals surface area contributed by atoms with Crippen LogP contribution in [-0.4, -0.2) is 11.0 Å². The molecule has 0 N–H and O–H groups in total. The molecular weight excluding hydrogens is 252 g/mol. The van der Waals surface area contributed by atoms with Crippen molar-refractivity contribution in [2.24, 2.45) is 0 Å². The highest BCUT2D eigenvalue weighted by molar-refractivity contribution is 8.00. The molecule has 2 rings (SSSR count). The molecule has 0 spiro atoms. The standard InChI is InChI=1S/C17H18OS/c1-12-9-10-15(11-13(12)2)17(18)14(3)19-16-7-5-4-6-8-16/h4-11,14H,1-3H3. The quantitative estimate of drug-likeness (QED) is 0.593. The van der Waals surface area contributed by atoms with E-state index in [0.29, 0.717) is 0 Å². The Morgan fingerprint density at radius 2 is 1.68 bits per heavy atom. The summed E-state index contributed by atoms with van der Waals surface area (Å²) >= 11 is 1.61. The third kappa shape index (κ3) is 3.48. The SMILES string of the molecule is Cc1ccc(C(=O)C(C)Sc2ccccc2)cc1C. The second-order valence-corrected chi connectivity index (χ2v) is 6.15. The molecule has 0 bridgehead atoms. The van der Waals surface area contributed by atoms with Gasteiger partial charge in [-0.2, -0.15) is 0 Å². The third-order valence-corrected chi connectivity index (χ3v) is 4.33. The molecule has 2 aromatic rings. The van der Waals surface area contributed by atoms with Crippen LogP contribution in [0.3, 0.4) is 0 Å². The van der Waals surface area contributed by atoms with E-state index in [9.17, 15) is 4.79 Å². The van der Waals surface area contributed by atoms with E-state index in [1.54, 1.807) is 11.8 Å². The molecule has 0 amide bonds. The number of hydrogen-bond donors (Lipinski definition) is 0. The number of carbonyl (C=O) groups excluding carboxylic acids is 1. The van der Waals surface area contributed by atoms with Crippen molar-refractivity contribution in [3.8, 4) is 0 Å². The topological polar surface area (TPSA) is 17.1 Å². The van der Waals surface area contributed by atoms with Crippen molar-refractivity contribution in [2.45, 2.75) is 30.9 Å². The zero-order valence-electron chi connectivity index (χ0n) is 11.5. The number of carbonyl (C=O) groups is 1. The smallest absolute Gasteiger partial charge is 0.175 e. The van der Waals surface area contributed by atoms with Crippen molar-refractivity contribution < 1.29 is 4.79 Å². The molecule has 1 nitrogen and oxygen atoms in total. The first-order valence-electron chi connectivity index (χ1n) is 6.41. The molecule has 0 aliphatic rings. The third-order valence-electron chi connectivity index (χ3n) is 3.22. The molecule has 98 valence electrons. The van der Waals surface area contributed by atoms with Crippen LogP contribution in [0, 0.1) is 13.8 Å². The number of aryl methyl sites for hydroxylation is 2. The van der Waals surface area contributed by atoms with Crippen LogP contribution in [-0.2, 0) is 0 Å². The molecule has 0 heterocycles. The fourth-order valence-electron chi connectivity index (χ4n) is 1.89. The largest absolute Gasteiger partial charge is 0.293 e. The molecule has 1 atom stereocenters. The van der Waals surface area contributed by atoms with Crippen molar-refractivity contribution >= 4 is 17.5 Å². The van der Waals surface area contributed by atoms with Crippen LogP contribution >= 0.6 is 11.8 Å². The number of Topliss-reactive ketones (excluding diaryl/α,β-unsaturated/α-hetero) is 1. The average Bonchev–Trinajstić information content (AvgIpc) is 2.42. The maximum atomic E-state index is 12.4. The van der Waals surface area contributed by atoms with Gasteiger partial charge < -0.3 is 0 Å². The molecular formula is C17H18OS. The van der Waals surface area contributed by atoms with E-state index >= 15 is 0 Å². The normalized spacial score (nSPS) is 12.2. The van der Waals surface area contributed by atoms with E-state index in [0.717, 1.165) is 10.5 Å². The van der Waals surface area contributed by atoms with Crippen LogP contribution in [0.25, 0.3) is 0 Å². The Labute approximate surface area is 119 Å². The summed E-state index contributed by atoms with van der Waals surface area (Å²) in [6.45, 7) is 6.07. The maximum absolute atomic E-state index is 12.4. The van der Waals surface area contributed by atoms with E-state index in [4.69, 9.17) is 0 Å². The van der Waals surface area contributed by atoms with Gasteiger partial charge in [0, 0.05) is 10.5 Å². The Balaban J connectivity index is 2.12. The number of hydrogen-bond acceptors (Lipinski definition) is 2. The zero-order valence-corrected chi connectivity index (χ0v) is 12.3. The van der Waals surface area contributed by atoms with Gasteiger partial charge in [-0.1, -0.05) is 30.3 Å². The molecule has 2 aromatic carbocycles. The average molecular weight is 270 g/mol. The van der Waals surface area contributed by atoms with Gasteiger partial charge in [0.15, 0.2) is 5.78 Å². The van der Waals surface area contributed by atoms with Gasteiger partial charge in [-0.05, 0) is 50.1 Å². The Bertz CT molecular complexity index is 575. The zero-order chi connectivity index (χ0) is 13.8. The predicted molar refractivity (Wildman–Crippen MR) is 82.0 cm³/mol. The lowest BCUT2D eigenvalue weighted by molar-refractivity contribution is 0.0994. The van der Waals surface area contributed by atoms with Crippen LogP contribution in [0.5, 0.6) is 0 Å². The Morgan fingerprint density at radius 1 is 1.00 bits per heavy atom. The van der Waals surface area contributed by atoms with Crippen LogP contribution in [0.2, 0.25) is 0 Å². The van der Waals surface area contributed by atoms with E-state index in [1.807, 2.05) is 62.4 Å². The molecule has 2 heteroatoms. The number of benzene rings is 2. The van der Waals surface area contributed by atoms with Gasteiger partial charge in [0.05, 0.1) is 5.25 Å². The van der Waals surface area contributed by atoms with Gasteiger partial charge in [-0.3, -0.25) is 4.79 Å². The lowest BCUT2D eigenvalue weighted by atomic mass is 10.0. The molecule has 19 heavy (non-hydrogen) atoms. The summed E-state index contributed by atoms with van der Waals surface area (Å²) in [4.78, 5) is 13.5. The monoisotopic (exact) mass is 270 g/mol. The van der Waals surface area contributed by atoms with Crippen molar-refractivity contribution in [3.05, 3.63) is 65.2 Å². The molecule has 0 saturated carbocycles. The van der Waals surface area contributed by atoms with Gasteiger partial charge in [0.25, 0.3) is 0 Å². The molecule has 0 fully saturated rings. The van der Waals surface area contributed by atoms with E-state index in [1.165, 1.54) is 11.1 Å². The lowest BCUT2D eigenvalue weighted by Crippen LogP contribution is -2.13. The van der Waals surface area contributed by atoms with Crippen molar-refractivity contribution in [1.82, 2.24) is 0 Å². The number of rotatable bonds is 4. The van der Waals surface area contributed by atoms with Gasteiger partial charge in [0.2, 0.25) is 0 Å². The summed E-state index contributed by atoms with van der Waals surface area (Å²) in [5.74, 6) is 0.192. The first kappa shape index (κ1) is 13.9. The lowest BCUT2D eigenvalue weighted by Gasteiger charge is -2.11. The van der Waals surface area contributed by atoms with Crippen molar-refractivity contribution in [2.75, 3.05) is 0 Å². The summed E-state index contributed by atoms with van der Waals surface area (Å²) in [5, 5.41) is -0.0653. The highest BCUT2D eigenvalue weighted by Gasteiger charge is 2.16. The Morgan fingerprint density at radius 3 is 2.32 bits per heavy atom. The minimum Gasteiger partial charge on any atom is -0.293 e. The second-order valence-electron chi connectivity index (χ2n) is 4.74. The fourth-order valence-corrected chi connectivity index (χ4v) is 2.85. The highest BCUT2D eigenvalue weighted by Crippen LogP contribution is 2.25. The molecule has 0 saturated heterocycles. The van der Waals surface area contributed by atoms with Gasteiger partial charge in [-0.25, -0.2) is 0 Å². The molecule has 0 aliphatic carbocycles. The number of ketones is 1. The second kappa shape index (κ2) is 6.07. The van der Waals surface area contributed by atoms with Crippen LogP contribution in [0.1, 0.15) is 28.4 Å². The minimum atomic E-state index is -0.0653. The molecule has 0 radical (unpaired) electrons. The van der Waals surface area contributed by atoms with Crippen LogP contribution < -0.4 is 0 Å².